The zero-order valence-electron chi connectivity index (χ0n) is 16.3. The van der Waals surface area contributed by atoms with Gasteiger partial charge in [0.1, 0.15) is 5.76 Å². The molecule has 0 bridgehead atoms. The molecule has 0 saturated carbocycles. The van der Waals surface area contributed by atoms with Crippen LogP contribution in [0.2, 0.25) is 0 Å². The fourth-order valence-electron chi connectivity index (χ4n) is 3.88. The highest BCUT2D eigenvalue weighted by atomic mass is 16.3. The van der Waals surface area contributed by atoms with Crippen LogP contribution in [0, 0.1) is 0 Å². The van der Waals surface area contributed by atoms with Crippen LogP contribution in [0.25, 0.3) is 6.08 Å². The molecule has 0 aliphatic carbocycles. The number of anilines is 2. The summed E-state index contributed by atoms with van der Waals surface area (Å²) in [6.45, 7) is 6.18. The average molecular weight is 381 g/mol. The molecule has 0 spiro atoms. The lowest BCUT2D eigenvalue weighted by atomic mass is 10.0. The van der Waals surface area contributed by atoms with Crippen LogP contribution >= 0.6 is 0 Å². The van der Waals surface area contributed by atoms with Crippen LogP contribution in [-0.4, -0.2) is 59.8 Å². The summed E-state index contributed by atoms with van der Waals surface area (Å²) in [4.78, 5) is 18.7. The van der Waals surface area contributed by atoms with Gasteiger partial charge in [-0.05, 0) is 56.5 Å². The van der Waals surface area contributed by atoms with Crippen molar-refractivity contribution in [2.24, 2.45) is 0 Å². The number of rotatable bonds is 4. The molecule has 1 unspecified atom stereocenters. The largest absolute Gasteiger partial charge is 0.465 e. The van der Waals surface area contributed by atoms with E-state index in [4.69, 9.17) is 4.42 Å². The van der Waals surface area contributed by atoms with Gasteiger partial charge in [-0.25, -0.2) is 0 Å². The molecule has 0 radical (unpaired) electrons. The second kappa shape index (κ2) is 8.46. The number of nitrogens with zero attached hydrogens (tertiary/aromatic N) is 5. The molecule has 1 amide bonds. The zero-order chi connectivity index (χ0) is 19.3. The van der Waals surface area contributed by atoms with Crippen molar-refractivity contribution in [2.45, 2.75) is 32.2 Å². The smallest absolute Gasteiger partial charge is 0.246 e. The molecule has 2 aromatic rings. The summed E-state index contributed by atoms with van der Waals surface area (Å²) >= 11 is 0. The van der Waals surface area contributed by atoms with Gasteiger partial charge in [-0.15, -0.1) is 10.2 Å². The van der Waals surface area contributed by atoms with E-state index in [1.807, 2.05) is 11.0 Å². The van der Waals surface area contributed by atoms with Gasteiger partial charge in [0.05, 0.1) is 6.26 Å². The molecule has 7 nitrogen and oxygen atoms in total. The van der Waals surface area contributed by atoms with Crippen LogP contribution in [0.1, 0.15) is 31.9 Å². The predicted molar refractivity (Wildman–Crippen MR) is 109 cm³/mol. The van der Waals surface area contributed by atoms with Crippen molar-refractivity contribution in [3.05, 3.63) is 42.4 Å². The first-order valence-electron chi connectivity index (χ1n) is 10.1. The van der Waals surface area contributed by atoms with Crippen molar-refractivity contribution in [1.29, 1.82) is 0 Å². The van der Waals surface area contributed by atoms with Gasteiger partial charge >= 0.3 is 0 Å². The average Bonchev–Trinajstić information content (AvgIpc) is 3.26. The van der Waals surface area contributed by atoms with Gasteiger partial charge in [0.2, 0.25) is 5.91 Å². The molecule has 2 fully saturated rings. The Hall–Kier alpha value is -2.83. The summed E-state index contributed by atoms with van der Waals surface area (Å²) in [5, 5.41) is 8.93. The lowest BCUT2D eigenvalue weighted by Crippen LogP contribution is -2.48. The molecule has 4 rings (SSSR count). The number of piperidine rings is 1. The first-order chi connectivity index (χ1) is 13.7. The van der Waals surface area contributed by atoms with Crippen molar-refractivity contribution in [3.63, 3.8) is 0 Å². The lowest BCUT2D eigenvalue weighted by molar-refractivity contribution is -0.126. The van der Waals surface area contributed by atoms with Crippen molar-refractivity contribution in [3.8, 4) is 0 Å². The Bertz CT molecular complexity index is 795. The second-order valence-corrected chi connectivity index (χ2v) is 7.45. The van der Waals surface area contributed by atoms with Gasteiger partial charge in [0, 0.05) is 44.8 Å². The third-order valence-corrected chi connectivity index (χ3v) is 5.58. The normalized spacial score (nSPS) is 20.8. The third kappa shape index (κ3) is 4.18. The second-order valence-electron chi connectivity index (χ2n) is 7.45. The maximum Gasteiger partial charge on any atom is 0.246 e. The maximum absolute atomic E-state index is 12.3. The number of hydrogen-bond donors (Lipinski definition) is 0. The van der Waals surface area contributed by atoms with Gasteiger partial charge < -0.3 is 19.1 Å². The molecular weight excluding hydrogens is 354 g/mol. The lowest BCUT2D eigenvalue weighted by Gasteiger charge is -2.36. The van der Waals surface area contributed by atoms with Gasteiger partial charge in [0.25, 0.3) is 0 Å². The first kappa shape index (κ1) is 18.5. The highest BCUT2D eigenvalue weighted by molar-refractivity contribution is 5.91. The van der Waals surface area contributed by atoms with Crippen molar-refractivity contribution < 1.29 is 9.21 Å². The van der Waals surface area contributed by atoms with E-state index in [2.05, 4.69) is 39.1 Å². The van der Waals surface area contributed by atoms with E-state index >= 15 is 0 Å². The van der Waals surface area contributed by atoms with Crippen LogP contribution in [-0.2, 0) is 4.79 Å². The molecule has 28 heavy (non-hydrogen) atoms. The predicted octanol–water partition coefficient (Wildman–Crippen LogP) is 2.81. The Labute approximate surface area is 165 Å². The van der Waals surface area contributed by atoms with E-state index in [1.54, 1.807) is 24.5 Å². The van der Waals surface area contributed by atoms with E-state index in [0.29, 0.717) is 24.9 Å². The van der Waals surface area contributed by atoms with Crippen molar-refractivity contribution in [1.82, 2.24) is 15.1 Å². The van der Waals surface area contributed by atoms with Crippen LogP contribution in [0.4, 0.5) is 11.6 Å². The molecule has 0 aromatic carbocycles. The molecule has 1 atom stereocenters. The van der Waals surface area contributed by atoms with E-state index in [9.17, 15) is 4.79 Å². The van der Waals surface area contributed by atoms with Crippen LogP contribution < -0.4 is 9.80 Å². The van der Waals surface area contributed by atoms with Crippen molar-refractivity contribution >= 4 is 23.6 Å². The molecule has 2 aliphatic rings. The van der Waals surface area contributed by atoms with Crippen molar-refractivity contribution in [2.75, 3.05) is 42.5 Å². The Balaban J connectivity index is 1.31. The molecule has 2 saturated heterocycles. The fourth-order valence-corrected chi connectivity index (χ4v) is 3.88. The number of aromatic nitrogens is 2. The molecule has 2 aromatic heterocycles. The number of piperazine rings is 1. The van der Waals surface area contributed by atoms with E-state index in [1.165, 1.54) is 19.3 Å². The minimum Gasteiger partial charge on any atom is -0.465 e. The minimum absolute atomic E-state index is 0.0107. The molecular formula is C21H27N5O2. The number of furan rings is 1. The highest BCUT2D eigenvalue weighted by Crippen LogP contribution is 2.23. The quantitative estimate of drug-likeness (QED) is 0.759. The minimum atomic E-state index is 0.0107. The molecule has 2 aliphatic heterocycles. The van der Waals surface area contributed by atoms with Gasteiger partial charge in [-0.2, -0.15) is 0 Å². The van der Waals surface area contributed by atoms with Gasteiger partial charge in [-0.3, -0.25) is 4.79 Å². The number of carbonyl (C=O) groups is 1. The summed E-state index contributed by atoms with van der Waals surface area (Å²) in [6, 6.07) is 8.29. The summed E-state index contributed by atoms with van der Waals surface area (Å²) in [5.41, 5.74) is 0. The zero-order valence-corrected chi connectivity index (χ0v) is 16.3. The Morgan fingerprint density at radius 3 is 2.54 bits per heavy atom. The topological polar surface area (TPSA) is 65.7 Å². The van der Waals surface area contributed by atoms with Gasteiger partial charge in [0.15, 0.2) is 11.6 Å². The van der Waals surface area contributed by atoms with E-state index in [0.717, 1.165) is 31.3 Å². The first-order valence-corrected chi connectivity index (χ1v) is 10.1. The Kier molecular flexibility index (Phi) is 5.60. The summed E-state index contributed by atoms with van der Waals surface area (Å²) in [5.74, 6) is 2.54. The number of carbonyl (C=O) groups excluding carboxylic acids is 1. The fraction of sp³-hybridized carbons (Fsp3) is 0.476. The standard InChI is InChI=1S/C21H27N5O2/c1-17-5-2-3-11-26(17)20-9-8-19(22-23-20)24-12-14-25(15-13-24)21(27)10-7-18-6-4-16-28-18/h4,6-10,16-17H,2-3,5,11-15H2,1H3. The number of hydrogen-bond acceptors (Lipinski definition) is 6. The summed E-state index contributed by atoms with van der Waals surface area (Å²) < 4.78 is 5.22. The molecule has 0 N–H and O–H groups in total. The molecule has 4 heterocycles. The van der Waals surface area contributed by atoms with Crippen LogP contribution in [0.15, 0.2) is 41.0 Å². The highest BCUT2D eigenvalue weighted by Gasteiger charge is 2.23. The van der Waals surface area contributed by atoms with Crippen LogP contribution in [0.3, 0.4) is 0 Å². The number of amides is 1. The van der Waals surface area contributed by atoms with E-state index < -0.39 is 0 Å². The third-order valence-electron chi connectivity index (χ3n) is 5.58. The Morgan fingerprint density at radius 2 is 1.86 bits per heavy atom. The molecule has 148 valence electrons. The Morgan fingerprint density at radius 1 is 1.07 bits per heavy atom. The summed E-state index contributed by atoms with van der Waals surface area (Å²) in [7, 11) is 0. The van der Waals surface area contributed by atoms with E-state index in [-0.39, 0.29) is 5.91 Å². The summed E-state index contributed by atoms with van der Waals surface area (Å²) in [6.07, 6.45) is 8.61. The molecule has 7 heteroatoms. The van der Waals surface area contributed by atoms with Crippen LogP contribution in [0.5, 0.6) is 0 Å². The monoisotopic (exact) mass is 381 g/mol. The maximum atomic E-state index is 12.3. The SMILES string of the molecule is CC1CCCCN1c1ccc(N2CCN(C(=O)C=Cc3ccco3)CC2)nn1. The van der Waals surface area contributed by atoms with Gasteiger partial charge in [-0.1, -0.05) is 0 Å².